The van der Waals surface area contributed by atoms with Gasteiger partial charge in [-0.25, -0.2) is 4.98 Å². The lowest BCUT2D eigenvalue weighted by Gasteiger charge is -2.12. The number of carbonyl (C=O) groups is 1. The number of hydrogen-bond donors (Lipinski definition) is 3. The molecule has 0 atom stereocenters. The summed E-state index contributed by atoms with van der Waals surface area (Å²) in [5.74, 6) is 1.22. The number of anilines is 4. The van der Waals surface area contributed by atoms with Crippen LogP contribution in [0.5, 0.6) is 0 Å². The van der Waals surface area contributed by atoms with Gasteiger partial charge in [0.2, 0.25) is 11.9 Å². The van der Waals surface area contributed by atoms with Crippen LogP contribution in [0.1, 0.15) is 19.0 Å². The van der Waals surface area contributed by atoms with Gasteiger partial charge in [0.1, 0.15) is 5.82 Å². The molecular weight excluding hydrogens is 316 g/mol. The molecule has 0 spiro atoms. The summed E-state index contributed by atoms with van der Waals surface area (Å²) in [5, 5.41) is 9.28. The van der Waals surface area contributed by atoms with Crippen LogP contribution in [0.2, 0.25) is 0 Å². The summed E-state index contributed by atoms with van der Waals surface area (Å²) in [5.41, 5.74) is 2.47. The van der Waals surface area contributed by atoms with E-state index in [4.69, 9.17) is 0 Å². The summed E-state index contributed by atoms with van der Waals surface area (Å²) < 4.78 is 0. The summed E-state index contributed by atoms with van der Waals surface area (Å²) in [6.45, 7) is 5.26. The molecule has 0 bridgehead atoms. The van der Waals surface area contributed by atoms with Crippen molar-refractivity contribution >= 4 is 29.0 Å². The molecule has 0 aliphatic carbocycles. The van der Waals surface area contributed by atoms with Crippen molar-refractivity contribution in [3.63, 3.8) is 0 Å². The average Bonchev–Trinajstić information content (AvgIpc) is 2.50. The molecule has 134 valence electrons. The molecule has 2 rings (SSSR count). The average molecular weight is 342 g/mol. The van der Waals surface area contributed by atoms with E-state index < -0.39 is 0 Å². The van der Waals surface area contributed by atoms with Gasteiger partial charge in [0.15, 0.2) is 0 Å². The molecular formula is C18H26N6O. The fraction of sp³-hybridized carbons (Fsp3) is 0.389. The Labute approximate surface area is 148 Å². The number of aromatic nitrogens is 2. The number of aryl methyl sites for hydroxylation is 1. The fourth-order valence-corrected chi connectivity index (χ4v) is 2.33. The second kappa shape index (κ2) is 8.98. The first kappa shape index (κ1) is 18.7. The van der Waals surface area contributed by atoms with E-state index in [-0.39, 0.29) is 5.91 Å². The lowest BCUT2D eigenvalue weighted by Crippen LogP contribution is -2.17. The smallest absolute Gasteiger partial charge is 0.224 e. The SMILES string of the molecule is CC(=O)Nc1cccc(Nc2cc(C)nc(NCCCN(C)C)n2)c1. The van der Waals surface area contributed by atoms with E-state index in [1.165, 1.54) is 6.92 Å². The summed E-state index contributed by atoms with van der Waals surface area (Å²) in [7, 11) is 4.11. The molecule has 0 saturated carbocycles. The first-order chi connectivity index (χ1) is 11.9. The third kappa shape index (κ3) is 6.76. The molecule has 1 amide bonds. The van der Waals surface area contributed by atoms with Crippen molar-refractivity contribution in [2.45, 2.75) is 20.3 Å². The van der Waals surface area contributed by atoms with E-state index in [1.807, 2.05) is 37.3 Å². The van der Waals surface area contributed by atoms with E-state index in [2.05, 4.69) is 44.9 Å². The number of benzene rings is 1. The minimum absolute atomic E-state index is 0.0979. The van der Waals surface area contributed by atoms with Gasteiger partial charge in [-0.3, -0.25) is 4.79 Å². The maximum absolute atomic E-state index is 11.2. The van der Waals surface area contributed by atoms with Crippen molar-refractivity contribution in [1.82, 2.24) is 14.9 Å². The van der Waals surface area contributed by atoms with E-state index in [9.17, 15) is 4.79 Å². The molecule has 1 heterocycles. The molecule has 3 N–H and O–H groups in total. The predicted molar refractivity (Wildman–Crippen MR) is 102 cm³/mol. The molecule has 1 aromatic heterocycles. The van der Waals surface area contributed by atoms with Gasteiger partial charge in [0.05, 0.1) is 0 Å². The maximum atomic E-state index is 11.2. The van der Waals surface area contributed by atoms with Gasteiger partial charge in [-0.1, -0.05) is 6.07 Å². The monoisotopic (exact) mass is 342 g/mol. The number of nitrogens with one attached hydrogen (secondary N) is 3. The minimum Gasteiger partial charge on any atom is -0.354 e. The Bertz CT molecular complexity index is 716. The van der Waals surface area contributed by atoms with Crippen LogP contribution in [-0.2, 0) is 4.79 Å². The fourth-order valence-electron chi connectivity index (χ4n) is 2.33. The Morgan fingerprint density at radius 1 is 1.16 bits per heavy atom. The normalized spacial score (nSPS) is 10.6. The van der Waals surface area contributed by atoms with Gasteiger partial charge >= 0.3 is 0 Å². The predicted octanol–water partition coefficient (Wildman–Crippen LogP) is 2.85. The zero-order chi connectivity index (χ0) is 18.2. The highest BCUT2D eigenvalue weighted by molar-refractivity contribution is 5.89. The zero-order valence-electron chi connectivity index (χ0n) is 15.3. The Hall–Kier alpha value is -2.67. The number of rotatable bonds is 8. The van der Waals surface area contributed by atoms with Crippen molar-refractivity contribution in [3.8, 4) is 0 Å². The van der Waals surface area contributed by atoms with Gasteiger partial charge in [0.25, 0.3) is 0 Å². The van der Waals surface area contributed by atoms with Crippen LogP contribution in [0.3, 0.4) is 0 Å². The first-order valence-electron chi connectivity index (χ1n) is 8.31. The van der Waals surface area contributed by atoms with Crippen molar-refractivity contribution < 1.29 is 4.79 Å². The zero-order valence-corrected chi connectivity index (χ0v) is 15.3. The largest absolute Gasteiger partial charge is 0.354 e. The summed E-state index contributed by atoms with van der Waals surface area (Å²) in [6.07, 6.45) is 1.02. The molecule has 2 aromatic rings. The van der Waals surface area contributed by atoms with E-state index in [0.29, 0.717) is 11.8 Å². The molecule has 25 heavy (non-hydrogen) atoms. The molecule has 7 nitrogen and oxygen atoms in total. The van der Waals surface area contributed by atoms with Crippen molar-refractivity contribution in [3.05, 3.63) is 36.0 Å². The molecule has 0 unspecified atom stereocenters. The Kier molecular flexibility index (Phi) is 6.71. The summed E-state index contributed by atoms with van der Waals surface area (Å²) in [6, 6.07) is 9.39. The lowest BCUT2D eigenvalue weighted by atomic mass is 10.2. The third-order valence-electron chi connectivity index (χ3n) is 3.37. The van der Waals surface area contributed by atoms with Gasteiger partial charge in [-0.15, -0.1) is 0 Å². The molecule has 7 heteroatoms. The van der Waals surface area contributed by atoms with Crippen LogP contribution in [0, 0.1) is 6.92 Å². The number of hydrogen-bond acceptors (Lipinski definition) is 6. The van der Waals surface area contributed by atoms with Crippen LogP contribution in [0.4, 0.5) is 23.1 Å². The number of nitrogens with zero attached hydrogens (tertiary/aromatic N) is 3. The Morgan fingerprint density at radius 3 is 2.64 bits per heavy atom. The highest BCUT2D eigenvalue weighted by Gasteiger charge is 2.04. The van der Waals surface area contributed by atoms with Gasteiger partial charge < -0.3 is 20.9 Å². The number of amides is 1. The van der Waals surface area contributed by atoms with Crippen LogP contribution in [0.15, 0.2) is 30.3 Å². The summed E-state index contributed by atoms with van der Waals surface area (Å²) in [4.78, 5) is 22.2. The second-order valence-corrected chi connectivity index (χ2v) is 6.19. The molecule has 0 saturated heterocycles. The van der Waals surface area contributed by atoms with Crippen LogP contribution < -0.4 is 16.0 Å². The van der Waals surface area contributed by atoms with E-state index >= 15 is 0 Å². The first-order valence-corrected chi connectivity index (χ1v) is 8.31. The highest BCUT2D eigenvalue weighted by Crippen LogP contribution is 2.20. The topological polar surface area (TPSA) is 82.2 Å². The Balaban J connectivity index is 2.03. The molecule has 0 radical (unpaired) electrons. The van der Waals surface area contributed by atoms with Crippen LogP contribution in [0.25, 0.3) is 0 Å². The van der Waals surface area contributed by atoms with Crippen LogP contribution >= 0.6 is 0 Å². The van der Waals surface area contributed by atoms with Gasteiger partial charge in [0, 0.05) is 36.6 Å². The highest BCUT2D eigenvalue weighted by atomic mass is 16.1. The van der Waals surface area contributed by atoms with Gasteiger partial charge in [-0.2, -0.15) is 4.98 Å². The molecule has 0 fully saturated rings. The van der Waals surface area contributed by atoms with E-state index in [0.717, 1.165) is 36.6 Å². The van der Waals surface area contributed by atoms with E-state index in [1.54, 1.807) is 0 Å². The van der Waals surface area contributed by atoms with Crippen molar-refractivity contribution in [2.75, 3.05) is 43.1 Å². The quantitative estimate of drug-likeness (QED) is 0.640. The summed E-state index contributed by atoms with van der Waals surface area (Å²) >= 11 is 0. The van der Waals surface area contributed by atoms with Crippen LogP contribution in [-0.4, -0.2) is 48.0 Å². The minimum atomic E-state index is -0.0979. The molecule has 1 aromatic carbocycles. The maximum Gasteiger partial charge on any atom is 0.224 e. The number of carbonyl (C=O) groups excluding carboxylic acids is 1. The molecule has 0 aliphatic heterocycles. The second-order valence-electron chi connectivity index (χ2n) is 6.19. The lowest BCUT2D eigenvalue weighted by molar-refractivity contribution is -0.114. The van der Waals surface area contributed by atoms with Gasteiger partial charge in [-0.05, 0) is 52.2 Å². The standard InChI is InChI=1S/C18H26N6O/c1-13-11-17(23-18(20-13)19-9-6-10-24(3)4)22-16-8-5-7-15(12-16)21-14(2)25/h5,7-8,11-12H,6,9-10H2,1-4H3,(H,21,25)(H2,19,20,22,23). The van der Waals surface area contributed by atoms with Crippen molar-refractivity contribution in [1.29, 1.82) is 0 Å². The molecule has 0 aliphatic rings. The Morgan fingerprint density at radius 2 is 1.92 bits per heavy atom. The van der Waals surface area contributed by atoms with Crippen molar-refractivity contribution in [2.24, 2.45) is 0 Å². The third-order valence-corrected chi connectivity index (χ3v) is 3.37.